The van der Waals surface area contributed by atoms with E-state index in [4.69, 9.17) is 5.73 Å². The van der Waals surface area contributed by atoms with E-state index in [9.17, 15) is 8.78 Å². The lowest BCUT2D eigenvalue weighted by Gasteiger charge is -2.30. The van der Waals surface area contributed by atoms with Crippen molar-refractivity contribution < 1.29 is 8.78 Å². The lowest BCUT2D eigenvalue weighted by atomic mass is 10.0. The summed E-state index contributed by atoms with van der Waals surface area (Å²) in [7, 11) is 0. The fourth-order valence-electron chi connectivity index (χ4n) is 2.66. The van der Waals surface area contributed by atoms with E-state index in [1.807, 2.05) is 0 Å². The molecular weight excluding hydrogens is 234 g/mol. The monoisotopic (exact) mass is 254 g/mol. The molecule has 18 heavy (non-hydrogen) atoms. The van der Waals surface area contributed by atoms with Gasteiger partial charge in [0.05, 0.1) is 6.04 Å². The second-order valence-electron chi connectivity index (χ2n) is 4.84. The van der Waals surface area contributed by atoms with Crippen LogP contribution in [0.1, 0.15) is 37.3 Å². The van der Waals surface area contributed by atoms with Gasteiger partial charge in [-0.25, -0.2) is 8.78 Å². The van der Waals surface area contributed by atoms with E-state index in [1.165, 1.54) is 12.8 Å². The van der Waals surface area contributed by atoms with Crippen LogP contribution in [0.25, 0.3) is 0 Å². The molecule has 2 N–H and O–H groups in total. The smallest absolute Gasteiger partial charge is 0.163 e. The number of hydrogen-bond donors (Lipinski definition) is 1. The highest BCUT2D eigenvalue weighted by atomic mass is 19.2. The maximum atomic E-state index is 13.8. The number of hydrogen-bond acceptors (Lipinski definition) is 2. The molecule has 2 nitrogen and oxygen atoms in total. The predicted octanol–water partition coefficient (Wildman–Crippen LogP) is 2.84. The van der Waals surface area contributed by atoms with Gasteiger partial charge in [-0.1, -0.05) is 25.0 Å². The maximum Gasteiger partial charge on any atom is 0.163 e. The second kappa shape index (κ2) is 6.25. The Labute approximate surface area is 107 Å². The van der Waals surface area contributed by atoms with Gasteiger partial charge < -0.3 is 5.73 Å². The Morgan fingerprint density at radius 1 is 1.11 bits per heavy atom. The molecule has 0 spiro atoms. The minimum Gasteiger partial charge on any atom is -0.329 e. The number of halogens is 2. The van der Waals surface area contributed by atoms with Crippen molar-refractivity contribution in [1.29, 1.82) is 0 Å². The third-order valence-corrected chi connectivity index (χ3v) is 3.65. The van der Waals surface area contributed by atoms with Crippen LogP contribution >= 0.6 is 0 Å². The van der Waals surface area contributed by atoms with Gasteiger partial charge in [-0.3, -0.25) is 4.90 Å². The molecule has 1 atom stereocenters. The highest BCUT2D eigenvalue weighted by molar-refractivity contribution is 5.23. The van der Waals surface area contributed by atoms with Gasteiger partial charge in [-0.05, 0) is 32.0 Å². The molecular formula is C14H20F2N2. The van der Waals surface area contributed by atoms with Crippen molar-refractivity contribution in [3.63, 3.8) is 0 Å². The zero-order chi connectivity index (χ0) is 13.0. The summed E-state index contributed by atoms with van der Waals surface area (Å²) >= 11 is 0. The Balaban J connectivity index is 2.23. The first-order chi connectivity index (χ1) is 8.74. The van der Waals surface area contributed by atoms with Crippen molar-refractivity contribution in [3.05, 3.63) is 35.4 Å². The van der Waals surface area contributed by atoms with E-state index in [1.54, 1.807) is 12.1 Å². The predicted molar refractivity (Wildman–Crippen MR) is 68.2 cm³/mol. The number of likely N-dealkylation sites (tertiary alicyclic amines) is 1. The summed E-state index contributed by atoms with van der Waals surface area (Å²) in [5.41, 5.74) is 6.16. The zero-order valence-electron chi connectivity index (χ0n) is 10.5. The second-order valence-corrected chi connectivity index (χ2v) is 4.84. The molecule has 0 amide bonds. The van der Waals surface area contributed by atoms with Crippen LogP contribution in [0.15, 0.2) is 18.2 Å². The van der Waals surface area contributed by atoms with Crippen molar-refractivity contribution in [1.82, 2.24) is 4.90 Å². The summed E-state index contributed by atoms with van der Waals surface area (Å²) in [5, 5.41) is 0. The molecule has 1 aromatic rings. The number of rotatable bonds is 3. The molecule has 1 aliphatic heterocycles. The van der Waals surface area contributed by atoms with E-state index in [0.29, 0.717) is 12.1 Å². The molecule has 0 radical (unpaired) electrons. The molecule has 1 unspecified atom stereocenters. The van der Waals surface area contributed by atoms with Crippen molar-refractivity contribution in [2.45, 2.75) is 31.7 Å². The van der Waals surface area contributed by atoms with Crippen molar-refractivity contribution >= 4 is 0 Å². The summed E-state index contributed by atoms with van der Waals surface area (Å²) < 4.78 is 27.1. The molecule has 1 fully saturated rings. The Kier molecular flexibility index (Phi) is 4.66. The third-order valence-electron chi connectivity index (χ3n) is 3.65. The van der Waals surface area contributed by atoms with Gasteiger partial charge in [0.2, 0.25) is 0 Å². The van der Waals surface area contributed by atoms with Crippen molar-refractivity contribution in [2.75, 3.05) is 19.6 Å². The first-order valence-electron chi connectivity index (χ1n) is 6.62. The first-order valence-corrected chi connectivity index (χ1v) is 6.62. The van der Waals surface area contributed by atoms with Crippen LogP contribution < -0.4 is 5.73 Å². The number of nitrogens with two attached hydrogens (primary N) is 1. The Morgan fingerprint density at radius 3 is 2.39 bits per heavy atom. The SMILES string of the molecule is NCC(c1cccc(F)c1F)N1CCCCCC1. The Hall–Kier alpha value is -1.00. The summed E-state index contributed by atoms with van der Waals surface area (Å²) in [4.78, 5) is 2.19. The molecule has 2 rings (SSSR count). The fourth-order valence-corrected chi connectivity index (χ4v) is 2.66. The summed E-state index contributed by atoms with van der Waals surface area (Å²) in [6.45, 7) is 2.15. The Bertz CT molecular complexity index is 387. The lowest BCUT2D eigenvalue weighted by Crippen LogP contribution is -2.35. The third kappa shape index (κ3) is 2.87. The molecule has 0 aromatic heterocycles. The molecule has 1 saturated heterocycles. The molecule has 1 aromatic carbocycles. The Morgan fingerprint density at radius 2 is 1.78 bits per heavy atom. The van der Waals surface area contributed by atoms with Crippen LogP contribution in [0.5, 0.6) is 0 Å². The van der Waals surface area contributed by atoms with Gasteiger partial charge in [0, 0.05) is 12.1 Å². The summed E-state index contributed by atoms with van der Waals surface area (Å²) in [6.07, 6.45) is 4.62. The van der Waals surface area contributed by atoms with E-state index in [0.717, 1.165) is 32.0 Å². The first kappa shape index (κ1) is 13.4. The molecule has 100 valence electrons. The molecule has 0 bridgehead atoms. The average molecular weight is 254 g/mol. The normalized spacial score (nSPS) is 19.5. The van der Waals surface area contributed by atoms with Crippen LogP contribution in [0.3, 0.4) is 0 Å². The molecule has 0 saturated carbocycles. The van der Waals surface area contributed by atoms with Gasteiger partial charge in [-0.15, -0.1) is 0 Å². The highest BCUT2D eigenvalue weighted by Crippen LogP contribution is 2.26. The van der Waals surface area contributed by atoms with Gasteiger partial charge >= 0.3 is 0 Å². The number of benzene rings is 1. The van der Waals surface area contributed by atoms with Crippen molar-refractivity contribution in [3.8, 4) is 0 Å². The fraction of sp³-hybridized carbons (Fsp3) is 0.571. The minimum absolute atomic E-state index is 0.209. The largest absolute Gasteiger partial charge is 0.329 e. The lowest BCUT2D eigenvalue weighted by molar-refractivity contribution is 0.204. The van der Waals surface area contributed by atoms with Crippen LogP contribution in [0, 0.1) is 11.6 Å². The van der Waals surface area contributed by atoms with Gasteiger partial charge in [0.15, 0.2) is 11.6 Å². The zero-order valence-corrected chi connectivity index (χ0v) is 10.5. The van der Waals surface area contributed by atoms with Gasteiger partial charge in [-0.2, -0.15) is 0 Å². The van der Waals surface area contributed by atoms with Crippen LogP contribution in [-0.2, 0) is 0 Å². The molecule has 0 aliphatic carbocycles. The highest BCUT2D eigenvalue weighted by Gasteiger charge is 2.23. The van der Waals surface area contributed by atoms with Crippen LogP contribution in [0.4, 0.5) is 8.78 Å². The standard InChI is InChI=1S/C14H20F2N2/c15-12-7-5-6-11(14(12)16)13(10-17)18-8-3-1-2-4-9-18/h5-7,13H,1-4,8-10,17H2. The van der Waals surface area contributed by atoms with Gasteiger partial charge in [0.1, 0.15) is 0 Å². The average Bonchev–Trinajstić information content (AvgIpc) is 2.64. The molecule has 1 heterocycles. The van der Waals surface area contributed by atoms with Gasteiger partial charge in [0.25, 0.3) is 0 Å². The quantitative estimate of drug-likeness (QED) is 0.898. The summed E-state index contributed by atoms with van der Waals surface area (Å²) in [6, 6.07) is 4.13. The topological polar surface area (TPSA) is 29.3 Å². The van der Waals surface area contributed by atoms with E-state index in [2.05, 4.69) is 4.90 Å². The molecule has 1 aliphatic rings. The minimum atomic E-state index is -0.791. The van der Waals surface area contributed by atoms with E-state index < -0.39 is 11.6 Å². The van der Waals surface area contributed by atoms with Crippen LogP contribution in [0.2, 0.25) is 0 Å². The summed E-state index contributed by atoms with van der Waals surface area (Å²) in [5.74, 6) is -1.54. The van der Waals surface area contributed by atoms with E-state index >= 15 is 0 Å². The maximum absolute atomic E-state index is 13.8. The number of nitrogens with zero attached hydrogens (tertiary/aromatic N) is 1. The van der Waals surface area contributed by atoms with E-state index in [-0.39, 0.29) is 6.04 Å². The molecule has 4 heteroatoms. The van der Waals surface area contributed by atoms with Crippen LogP contribution in [-0.4, -0.2) is 24.5 Å². The van der Waals surface area contributed by atoms with Crippen molar-refractivity contribution in [2.24, 2.45) is 5.73 Å².